The van der Waals surface area contributed by atoms with E-state index in [1.54, 1.807) is 12.1 Å². The van der Waals surface area contributed by atoms with Gasteiger partial charge >= 0.3 is 23.9 Å². The molecule has 0 aliphatic carbocycles. The topological polar surface area (TPSA) is 223 Å². The molecule has 4 N–H and O–H groups in total. The number of carbonyl (C=O) groups is 4. The minimum atomic E-state index is -1.24. The Hall–Kier alpha value is -8.02. The van der Waals surface area contributed by atoms with Gasteiger partial charge in [0.05, 0.1) is 0 Å². The Bertz CT molecular complexity index is 2850. The largest absolute Gasteiger partial charge is 0.490 e. The third kappa shape index (κ3) is 18.0. The van der Waals surface area contributed by atoms with E-state index in [1.165, 1.54) is 27.7 Å². The summed E-state index contributed by atoms with van der Waals surface area (Å²) in [6.45, 7) is 25.8. The van der Waals surface area contributed by atoms with Crippen molar-refractivity contribution < 1.29 is 77.5 Å². The number of aliphatic hydroxyl groups is 4. The lowest BCUT2D eigenvalue weighted by molar-refractivity contribution is -0.143. The quantitative estimate of drug-likeness (QED) is 0.0152. The van der Waals surface area contributed by atoms with Crippen LogP contribution in [0.15, 0.2) is 140 Å². The molecule has 420 valence electrons. The van der Waals surface area contributed by atoms with Gasteiger partial charge in [-0.3, -0.25) is 0 Å². The molecule has 16 nitrogen and oxygen atoms in total. The molecule has 0 aliphatic rings. The van der Waals surface area contributed by atoms with Crippen LogP contribution in [0.3, 0.4) is 0 Å². The molecular formula is C63H72O16. The number of hydrogen-bond acceptors (Lipinski definition) is 16. The monoisotopic (exact) mass is 1080 g/mol. The molecule has 0 aliphatic heterocycles. The van der Waals surface area contributed by atoms with Crippen molar-refractivity contribution in [1.82, 2.24) is 0 Å². The predicted octanol–water partition coefficient (Wildman–Crippen LogP) is 8.87. The van der Waals surface area contributed by atoms with Crippen molar-refractivity contribution >= 4 is 23.9 Å². The Morgan fingerprint density at radius 2 is 0.696 bits per heavy atom. The van der Waals surface area contributed by atoms with E-state index >= 15 is 0 Å². The zero-order valence-electron chi connectivity index (χ0n) is 46.2. The minimum Gasteiger partial charge on any atom is -0.490 e. The van der Waals surface area contributed by atoms with Crippen LogP contribution in [0.4, 0.5) is 0 Å². The highest BCUT2D eigenvalue weighted by Crippen LogP contribution is 2.47. The van der Waals surface area contributed by atoms with Crippen molar-refractivity contribution in [3.05, 3.63) is 179 Å². The third-order valence-electron chi connectivity index (χ3n) is 12.1. The van der Waals surface area contributed by atoms with Gasteiger partial charge < -0.3 is 58.3 Å². The van der Waals surface area contributed by atoms with Crippen LogP contribution in [0.5, 0.6) is 23.0 Å². The molecular weight excluding hydrogens is 1010 g/mol. The van der Waals surface area contributed by atoms with Crippen molar-refractivity contribution in [1.29, 1.82) is 0 Å². The zero-order valence-corrected chi connectivity index (χ0v) is 46.2. The summed E-state index contributed by atoms with van der Waals surface area (Å²) in [7, 11) is 0. The molecule has 0 heterocycles. The summed E-state index contributed by atoms with van der Waals surface area (Å²) in [5.41, 5.74) is 8.83. The van der Waals surface area contributed by atoms with Gasteiger partial charge in [0.2, 0.25) is 0 Å². The van der Waals surface area contributed by atoms with E-state index in [9.17, 15) is 39.6 Å². The number of ether oxygens (including phenoxy) is 8. The zero-order chi connectivity index (χ0) is 58.1. The minimum absolute atomic E-state index is 0.145. The summed E-state index contributed by atoms with van der Waals surface area (Å²) in [4.78, 5) is 48.4. The van der Waals surface area contributed by atoms with Gasteiger partial charge in [0.25, 0.3) is 0 Å². The lowest BCUT2D eigenvalue weighted by atomic mass is 9.80. The Kier molecular flexibility index (Phi) is 22.8. The number of rotatable bonds is 29. The van der Waals surface area contributed by atoms with E-state index in [1.807, 2.05) is 107 Å². The van der Waals surface area contributed by atoms with E-state index < -0.39 is 54.2 Å². The number of hydrogen-bond donors (Lipinski definition) is 4. The molecule has 0 aromatic heterocycles. The molecule has 16 heteroatoms. The lowest BCUT2D eigenvalue weighted by Crippen LogP contribution is -2.26. The third-order valence-corrected chi connectivity index (χ3v) is 12.1. The first-order chi connectivity index (χ1) is 37.4. The first-order valence-electron chi connectivity index (χ1n) is 25.5. The molecule has 0 saturated carbocycles. The average Bonchev–Trinajstić information content (AvgIpc) is 3.48. The van der Waals surface area contributed by atoms with Crippen molar-refractivity contribution in [3.63, 3.8) is 0 Å². The smallest absolute Gasteiger partial charge is 0.333 e. The van der Waals surface area contributed by atoms with E-state index in [4.69, 9.17) is 37.9 Å². The molecule has 0 radical (unpaired) electrons. The number of carbonyl (C=O) groups excluding carboxylic acids is 4. The Balaban J connectivity index is 1.67. The van der Waals surface area contributed by atoms with Gasteiger partial charge in [-0.15, -0.1) is 0 Å². The van der Waals surface area contributed by atoms with Gasteiger partial charge in [-0.05, 0) is 154 Å². The van der Waals surface area contributed by atoms with Crippen LogP contribution < -0.4 is 18.9 Å². The Morgan fingerprint density at radius 3 is 1.00 bits per heavy atom. The van der Waals surface area contributed by atoms with Crippen molar-refractivity contribution in [3.8, 4) is 45.3 Å². The maximum Gasteiger partial charge on any atom is 0.333 e. The molecule has 4 atom stereocenters. The normalized spacial score (nSPS) is 12.9. The van der Waals surface area contributed by atoms with Crippen LogP contribution in [0, 0.1) is 27.7 Å². The highest BCUT2D eigenvalue weighted by Gasteiger charge is 2.29. The van der Waals surface area contributed by atoms with Gasteiger partial charge in [0, 0.05) is 39.3 Å². The fourth-order valence-corrected chi connectivity index (χ4v) is 8.02. The van der Waals surface area contributed by atoms with Crippen molar-refractivity contribution in [2.45, 2.75) is 85.7 Å². The second-order valence-electron chi connectivity index (χ2n) is 19.6. The van der Waals surface area contributed by atoms with Gasteiger partial charge in [-0.1, -0.05) is 68.8 Å². The standard InChI is InChI=1S/C63H72O16/c1-36(2)60(68)76-32-49(64)28-72-55-20-18-45(22-40(55)9)47-24-42(11)58(74-30-51(66)34-78-62(70)38(5)6)53(26-47)57(44-16-14-13-15-17-44)54-27-48(25-43(12)59(54)75-31-52(67)35-79-63(71)39(7)8)46-19-21-56(41(10)23-46)73-29-50(65)33-77-61(69)37(3)4/h13-27,49-52,57,64-67H,1,3,5,7,28-35H2,2,4,6,8-12H3. The first kappa shape index (κ1) is 61.8. The highest BCUT2D eigenvalue weighted by molar-refractivity contribution is 5.88. The molecule has 5 aromatic carbocycles. The summed E-state index contributed by atoms with van der Waals surface area (Å²) < 4.78 is 45.9. The van der Waals surface area contributed by atoms with E-state index in [2.05, 4.69) is 26.3 Å². The predicted molar refractivity (Wildman–Crippen MR) is 299 cm³/mol. The maximum absolute atomic E-state index is 12.3. The number of aryl methyl sites for hydroxylation is 4. The number of esters is 4. The Morgan fingerprint density at radius 1 is 0.392 bits per heavy atom. The average molecular weight is 1090 g/mol. The van der Waals surface area contributed by atoms with Crippen LogP contribution >= 0.6 is 0 Å². The molecule has 0 bridgehead atoms. The van der Waals surface area contributed by atoms with Crippen LogP contribution in [-0.2, 0) is 38.1 Å². The lowest BCUT2D eigenvalue weighted by Gasteiger charge is -2.28. The van der Waals surface area contributed by atoms with Crippen LogP contribution in [0.2, 0.25) is 0 Å². The summed E-state index contributed by atoms with van der Waals surface area (Å²) in [5.74, 6) is -1.44. The molecule has 79 heavy (non-hydrogen) atoms. The number of benzene rings is 5. The van der Waals surface area contributed by atoms with Gasteiger partial charge in [-0.25, -0.2) is 19.2 Å². The Labute approximate surface area is 462 Å². The van der Waals surface area contributed by atoms with E-state index in [0.29, 0.717) is 45.3 Å². The first-order valence-corrected chi connectivity index (χ1v) is 25.5. The molecule has 5 rings (SSSR count). The van der Waals surface area contributed by atoms with Crippen molar-refractivity contribution in [2.75, 3.05) is 52.9 Å². The molecule has 0 amide bonds. The fourth-order valence-electron chi connectivity index (χ4n) is 8.02. The molecule has 0 fully saturated rings. The van der Waals surface area contributed by atoms with E-state index in [-0.39, 0.29) is 75.1 Å². The highest BCUT2D eigenvalue weighted by atomic mass is 16.6. The number of aliphatic hydroxyl groups excluding tert-OH is 4. The van der Waals surface area contributed by atoms with Crippen LogP contribution in [0.1, 0.15) is 72.6 Å². The SMILES string of the molecule is C=C(C)C(=O)OCC(O)COc1ccc(-c2cc(C)c(OCC(O)COC(=O)C(=C)C)c(C(c3ccccc3)c3cc(-c4ccc(OCC(O)COC(=O)C(=C)C)c(C)c4)cc(C)c3OCC(O)COC(=O)C(=C)C)c2)cc1C. The van der Waals surface area contributed by atoms with E-state index in [0.717, 1.165) is 38.9 Å². The second kappa shape index (κ2) is 29.1. The summed E-state index contributed by atoms with van der Waals surface area (Å²) in [6, 6.07) is 28.7. The molecule has 4 unspecified atom stereocenters. The summed E-state index contributed by atoms with van der Waals surface area (Å²) in [6.07, 6.45) is -4.67. The summed E-state index contributed by atoms with van der Waals surface area (Å²) in [5, 5.41) is 43.4. The van der Waals surface area contributed by atoms with Gasteiger partial charge in [-0.2, -0.15) is 0 Å². The molecule has 5 aromatic rings. The van der Waals surface area contributed by atoms with Crippen LogP contribution in [-0.4, -0.2) is 122 Å². The van der Waals surface area contributed by atoms with Crippen molar-refractivity contribution in [2.24, 2.45) is 0 Å². The van der Waals surface area contributed by atoms with Gasteiger partial charge in [0.1, 0.15) is 100 Å². The maximum atomic E-state index is 12.3. The fraction of sp³-hybridized carbons (Fsp3) is 0.333. The summed E-state index contributed by atoms with van der Waals surface area (Å²) >= 11 is 0. The molecule has 0 saturated heterocycles. The molecule has 0 spiro atoms. The van der Waals surface area contributed by atoms with Gasteiger partial charge in [0.15, 0.2) is 0 Å². The second-order valence-corrected chi connectivity index (χ2v) is 19.6. The van der Waals surface area contributed by atoms with Crippen LogP contribution in [0.25, 0.3) is 22.3 Å².